The van der Waals surface area contributed by atoms with Gasteiger partial charge in [0.2, 0.25) is 0 Å². The number of nitrogens with zero attached hydrogens (tertiary/aromatic N) is 1. The maximum atomic E-state index is 12.0. The summed E-state index contributed by atoms with van der Waals surface area (Å²) in [6.45, 7) is 0.464. The maximum Gasteiger partial charge on any atom is 0.309 e. The number of nitrogens with one attached hydrogen (secondary N) is 1. The average molecular weight is 335 g/mol. The summed E-state index contributed by atoms with van der Waals surface area (Å²) in [5, 5.41) is 3.27. The summed E-state index contributed by atoms with van der Waals surface area (Å²) in [5.41, 5.74) is 1.95. The molecule has 1 heterocycles. The third-order valence-corrected chi connectivity index (χ3v) is 4.53. The first-order chi connectivity index (χ1) is 9.25. The molecular weight excluding hydrogens is 324 g/mol. The Morgan fingerprint density at radius 3 is 2.68 bits per heavy atom. The lowest BCUT2D eigenvalue weighted by Crippen LogP contribution is -2.18. The SMILES string of the molecule is O=c1sc2ccccc2n1CNc1ccccc1Br. The van der Waals surface area contributed by atoms with Crippen LogP contribution in [0.4, 0.5) is 5.69 Å². The summed E-state index contributed by atoms with van der Waals surface area (Å²) in [7, 11) is 0. The number of halogens is 1. The molecule has 0 saturated heterocycles. The van der Waals surface area contributed by atoms with Gasteiger partial charge in [0.25, 0.3) is 0 Å². The van der Waals surface area contributed by atoms with Gasteiger partial charge >= 0.3 is 4.87 Å². The van der Waals surface area contributed by atoms with Gasteiger partial charge < -0.3 is 5.32 Å². The van der Waals surface area contributed by atoms with Gasteiger partial charge in [-0.3, -0.25) is 9.36 Å². The minimum atomic E-state index is 0.0563. The Balaban J connectivity index is 1.92. The van der Waals surface area contributed by atoms with Gasteiger partial charge in [-0.25, -0.2) is 0 Å². The van der Waals surface area contributed by atoms with Gasteiger partial charge in [0.1, 0.15) is 0 Å². The Hall–Kier alpha value is -1.59. The molecule has 0 radical (unpaired) electrons. The van der Waals surface area contributed by atoms with Gasteiger partial charge in [-0.1, -0.05) is 35.6 Å². The fraction of sp³-hybridized carbons (Fsp3) is 0.0714. The van der Waals surface area contributed by atoms with Crippen LogP contribution >= 0.6 is 27.3 Å². The number of thiazole rings is 1. The largest absolute Gasteiger partial charge is 0.366 e. The van der Waals surface area contributed by atoms with E-state index in [-0.39, 0.29) is 4.87 Å². The molecule has 0 atom stereocenters. The van der Waals surface area contributed by atoms with Gasteiger partial charge in [0, 0.05) is 10.2 Å². The molecule has 3 nitrogen and oxygen atoms in total. The topological polar surface area (TPSA) is 34.0 Å². The monoisotopic (exact) mass is 334 g/mol. The van der Waals surface area contributed by atoms with Crippen LogP contribution in [-0.4, -0.2) is 4.57 Å². The highest BCUT2D eigenvalue weighted by atomic mass is 79.9. The van der Waals surface area contributed by atoms with Crippen molar-refractivity contribution in [3.05, 3.63) is 62.7 Å². The highest BCUT2D eigenvalue weighted by molar-refractivity contribution is 9.10. The number of benzene rings is 2. The molecule has 0 spiro atoms. The molecule has 0 aliphatic rings. The maximum absolute atomic E-state index is 12.0. The van der Waals surface area contributed by atoms with Crippen molar-refractivity contribution in [2.75, 3.05) is 5.32 Å². The molecule has 3 rings (SSSR count). The molecule has 1 aromatic heterocycles. The van der Waals surface area contributed by atoms with Gasteiger partial charge in [-0.05, 0) is 40.2 Å². The Morgan fingerprint density at radius 2 is 1.84 bits per heavy atom. The van der Waals surface area contributed by atoms with E-state index < -0.39 is 0 Å². The minimum absolute atomic E-state index is 0.0563. The molecule has 3 aromatic rings. The van der Waals surface area contributed by atoms with Crippen LogP contribution in [0.3, 0.4) is 0 Å². The second kappa shape index (κ2) is 5.19. The van der Waals surface area contributed by atoms with Crippen LogP contribution in [0.1, 0.15) is 0 Å². The van der Waals surface area contributed by atoms with Crippen LogP contribution in [-0.2, 0) is 6.67 Å². The van der Waals surface area contributed by atoms with Crippen LogP contribution in [0.15, 0.2) is 57.8 Å². The van der Waals surface area contributed by atoms with Gasteiger partial charge in [0.15, 0.2) is 0 Å². The molecule has 5 heteroatoms. The predicted molar refractivity (Wildman–Crippen MR) is 83.8 cm³/mol. The minimum Gasteiger partial charge on any atom is -0.366 e. The molecule has 0 amide bonds. The number of hydrogen-bond donors (Lipinski definition) is 1. The van der Waals surface area contributed by atoms with Crippen molar-refractivity contribution >= 4 is 43.2 Å². The van der Waals surface area contributed by atoms with Crippen molar-refractivity contribution in [1.29, 1.82) is 0 Å². The van der Waals surface area contributed by atoms with Crippen molar-refractivity contribution in [2.45, 2.75) is 6.67 Å². The molecule has 1 N–H and O–H groups in total. The fourth-order valence-corrected chi connectivity index (χ4v) is 3.25. The Kier molecular flexibility index (Phi) is 3.40. The summed E-state index contributed by atoms with van der Waals surface area (Å²) in [6.07, 6.45) is 0. The molecule has 0 aliphatic heterocycles. The average Bonchev–Trinajstić information content (AvgIpc) is 2.74. The van der Waals surface area contributed by atoms with Crippen molar-refractivity contribution < 1.29 is 0 Å². The van der Waals surface area contributed by atoms with Crippen LogP contribution in [0.5, 0.6) is 0 Å². The van der Waals surface area contributed by atoms with Crippen molar-refractivity contribution in [2.24, 2.45) is 0 Å². The number of rotatable bonds is 3. The third kappa shape index (κ3) is 2.43. The number of aromatic nitrogens is 1. The van der Waals surface area contributed by atoms with E-state index in [4.69, 9.17) is 0 Å². The number of anilines is 1. The zero-order valence-corrected chi connectivity index (χ0v) is 12.4. The normalized spacial score (nSPS) is 10.8. The zero-order valence-electron chi connectivity index (χ0n) is 9.97. The lowest BCUT2D eigenvalue weighted by Gasteiger charge is -2.09. The second-order valence-electron chi connectivity index (χ2n) is 4.08. The molecular formula is C14H11BrN2OS. The lowest BCUT2D eigenvalue weighted by atomic mass is 10.3. The predicted octanol–water partition coefficient (Wildman–Crippen LogP) is 3.90. The lowest BCUT2D eigenvalue weighted by molar-refractivity contribution is 0.791. The number of hydrogen-bond acceptors (Lipinski definition) is 3. The van der Waals surface area contributed by atoms with E-state index in [1.807, 2.05) is 48.5 Å². The van der Waals surface area contributed by atoms with Crippen molar-refractivity contribution in [3.8, 4) is 0 Å². The Bertz CT molecular complexity index is 778. The van der Waals surface area contributed by atoms with Crippen LogP contribution in [0, 0.1) is 0 Å². The molecule has 0 bridgehead atoms. The third-order valence-electron chi connectivity index (χ3n) is 2.88. The van der Waals surface area contributed by atoms with E-state index in [1.54, 1.807) is 4.57 Å². The molecule has 0 fully saturated rings. The van der Waals surface area contributed by atoms with Gasteiger partial charge in [-0.15, -0.1) is 0 Å². The smallest absolute Gasteiger partial charge is 0.309 e. The second-order valence-corrected chi connectivity index (χ2v) is 5.93. The van der Waals surface area contributed by atoms with Gasteiger partial charge in [0.05, 0.1) is 16.9 Å². The molecule has 0 saturated carbocycles. The fourth-order valence-electron chi connectivity index (χ4n) is 1.93. The molecule has 19 heavy (non-hydrogen) atoms. The molecule has 0 unspecified atom stereocenters. The molecule has 96 valence electrons. The number of para-hydroxylation sites is 2. The standard InChI is InChI=1S/C14H11BrN2OS/c15-10-5-1-2-6-11(10)16-9-17-12-7-3-4-8-13(12)19-14(17)18/h1-8,16H,9H2. The van der Waals surface area contributed by atoms with Crippen molar-refractivity contribution in [1.82, 2.24) is 4.57 Å². The quantitative estimate of drug-likeness (QED) is 0.788. The van der Waals surface area contributed by atoms with Crippen LogP contribution < -0.4 is 10.2 Å². The van der Waals surface area contributed by atoms with E-state index >= 15 is 0 Å². The summed E-state index contributed by atoms with van der Waals surface area (Å²) in [6, 6.07) is 15.7. The highest BCUT2D eigenvalue weighted by Crippen LogP contribution is 2.22. The van der Waals surface area contributed by atoms with Crippen LogP contribution in [0.2, 0.25) is 0 Å². The first-order valence-electron chi connectivity index (χ1n) is 5.82. The summed E-state index contributed by atoms with van der Waals surface area (Å²) in [4.78, 5) is 12.0. The zero-order chi connectivity index (χ0) is 13.2. The molecule has 0 aliphatic carbocycles. The highest BCUT2D eigenvalue weighted by Gasteiger charge is 2.06. The van der Waals surface area contributed by atoms with Gasteiger partial charge in [-0.2, -0.15) is 0 Å². The first kappa shape index (κ1) is 12.4. The summed E-state index contributed by atoms with van der Waals surface area (Å²) >= 11 is 4.76. The Morgan fingerprint density at radius 1 is 1.11 bits per heavy atom. The number of fused-ring (bicyclic) bond motifs is 1. The summed E-state index contributed by atoms with van der Waals surface area (Å²) < 4.78 is 3.75. The molecule has 2 aromatic carbocycles. The first-order valence-corrected chi connectivity index (χ1v) is 7.43. The van der Waals surface area contributed by atoms with E-state index in [0.29, 0.717) is 6.67 Å². The van der Waals surface area contributed by atoms with E-state index in [9.17, 15) is 4.79 Å². The van der Waals surface area contributed by atoms with Crippen molar-refractivity contribution in [3.63, 3.8) is 0 Å². The van der Waals surface area contributed by atoms with E-state index in [1.165, 1.54) is 11.3 Å². The van der Waals surface area contributed by atoms with E-state index in [2.05, 4.69) is 21.2 Å². The Labute approximate surface area is 122 Å². The van der Waals surface area contributed by atoms with Crippen LogP contribution in [0.25, 0.3) is 10.2 Å². The summed E-state index contributed by atoms with van der Waals surface area (Å²) in [5.74, 6) is 0. The van der Waals surface area contributed by atoms with E-state index in [0.717, 1.165) is 20.4 Å².